The summed E-state index contributed by atoms with van der Waals surface area (Å²) in [5.41, 5.74) is 1.12. The molecule has 210 valence electrons. The lowest BCUT2D eigenvalue weighted by Crippen LogP contribution is -2.61. The largest absolute Gasteiger partial charge is 0.462 e. The van der Waals surface area contributed by atoms with Crippen LogP contribution in [0.1, 0.15) is 92.9 Å². The van der Waals surface area contributed by atoms with Gasteiger partial charge in [-0.3, -0.25) is 9.59 Å². The summed E-state index contributed by atoms with van der Waals surface area (Å²) in [4.78, 5) is 25.6. The Balaban J connectivity index is 1.71. The van der Waals surface area contributed by atoms with Crippen LogP contribution in [-0.2, 0) is 14.3 Å². The highest BCUT2D eigenvalue weighted by Gasteiger charge is 2.67. The van der Waals surface area contributed by atoms with E-state index in [9.17, 15) is 19.8 Å². The highest BCUT2D eigenvalue weighted by Crippen LogP contribution is 2.69. The number of carbonyl (C=O) groups is 2. The van der Waals surface area contributed by atoms with Crippen molar-refractivity contribution in [3.8, 4) is 0 Å². The smallest absolute Gasteiger partial charge is 0.302 e. The number of allylic oxidation sites excluding steroid dienone is 2. The maximum absolute atomic E-state index is 13.3. The van der Waals surface area contributed by atoms with Gasteiger partial charge in [-0.2, -0.15) is 0 Å². The molecule has 0 heterocycles. The standard InChI is InChI=1S/C31H51NO5/c1-17(2)9-8-10-20(29(36)32-7)27-23-15-25(35)28-22(31(23,6)16-26(27)37-19(4)33)12-11-21-18(3)24(34)13-14-30(21,28)5/h9,18,20-28,34-35H,8,10-16H2,1-7H3,(H,32,36)/t18?,20?,21?,22-,23?,24+,25+,26-,27?,28-,30-,31+/m0/s1. The molecule has 6 nitrogen and oxygen atoms in total. The molecule has 4 rings (SSSR count). The molecule has 4 saturated carbocycles. The summed E-state index contributed by atoms with van der Waals surface area (Å²) in [7, 11) is 1.69. The fraction of sp³-hybridized carbons (Fsp3) is 0.871. The number of amides is 1. The minimum Gasteiger partial charge on any atom is -0.462 e. The monoisotopic (exact) mass is 517 g/mol. The van der Waals surface area contributed by atoms with E-state index >= 15 is 0 Å². The molecule has 0 saturated heterocycles. The number of hydrogen-bond acceptors (Lipinski definition) is 5. The van der Waals surface area contributed by atoms with Crippen molar-refractivity contribution in [1.82, 2.24) is 5.32 Å². The molecule has 0 aromatic heterocycles. The Morgan fingerprint density at radius 3 is 2.32 bits per heavy atom. The molecule has 3 N–H and O–H groups in total. The number of fused-ring (bicyclic) bond motifs is 5. The van der Waals surface area contributed by atoms with Crippen molar-refractivity contribution in [2.75, 3.05) is 7.05 Å². The number of esters is 1. The summed E-state index contributed by atoms with van der Waals surface area (Å²) in [5.74, 6) is 0.612. The SMILES string of the molecule is CNC(=O)C(CCC=C(C)C)C1C2C[C@@H](O)[C@@H]3[C@H](CCC4C(C)[C@H](O)CC[C@@]43C)[C@@]2(C)C[C@@H]1OC(C)=O. The Kier molecular flexibility index (Phi) is 8.22. The van der Waals surface area contributed by atoms with Gasteiger partial charge in [-0.15, -0.1) is 0 Å². The zero-order valence-corrected chi connectivity index (χ0v) is 24.1. The Labute approximate surface area is 224 Å². The lowest BCUT2D eigenvalue weighted by molar-refractivity contribution is -0.197. The molecular formula is C31H51NO5. The van der Waals surface area contributed by atoms with E-state index in [0.29, 0.717) is 24.7 Å². The second-order valence-electron chi connectivity index (χ2n) is 13.7. The first kappa shape index (κ1) is 28.6. The Morgan fingerprint density at radius 2 is 1.70 bits per heavy atom. The summed E-state index contributed by atoms with van der Waals surface area (Å²) in [6, 6.07) is 0. The van der Waals surface area contributed by atoms with Gasteiger partial charge >= 0.3 is 5.97 Å². The summed E-state index contributed by atoms with van der Waals surface area (Å²) < 4.78 is 6.01. The zero-order chi connectivity index (χ0) is 27.3. The van der Waals surface area contributed by atoms with Gasteiger partial charge in [-0.1, -0.05) is 32.4 Å². The van der Waals surface area contributed by atoms with Crippen LogP contribution in [0.25, 0.3) is 0 Å². The van der Waals surface area contributed by atoms with Gasteiger partial charge in [0.05, 0.1) is 12.2 Å². The van der Waals surface area contributed by atoms with E-state index in [0.717, 1.165) is 38.5 Å². The van der Waals surface area contributed by atoms with E-state index in [1.54, 1.807) is 7.05 Å². The summed E-state index contributed by atoms with van der Waals surface area (Å²) >= 11 is 0. The van der Waals surface area contributed by atoms with Gasteiger partial charge in [0.2, 0.25) is 5.91 Å². The van der Waals surface area contributed by atoms with E-state index in [1.807, 2.05) is 0 Å². The maximum Gasteiger partial charge on any atom is 0.302 e. The van der Waals surface area contributed by atoms with E-state index < -0.39 is 6.10 Å². The van der Waals surface area contributed by atoms with Gasteiger partial charge in [0, 0.05) is 25.8 Å². The van der Waals surface area contributed by atoms with Gasteiger partial charge in [-0.25, -0.2) is 0 Å². The van der Waals surface area contributed by atoms with Crippen LogP contribution in [0, 0.1) is 52.3 Å². The number of ether oxygens (including phenoxy) is 1. The second kappa shape index (κ2) is 10.6. The molecule has 0 radical (unpaired) electrons. The number of carbonyl (C=O) groups excluding carboxylic acids is 2. The van der Waals surface area contributed by atoms with Crippen molar-refractivity contribution < 1.29 is 24.5 Å². The molecule has 6 heteroatoms. The van der Waals surface area contributed by atoms with Gasteiger partial charge in [0.15, 0.2) is 0 Å². The Hall–Kier alpha value is -1.40. The third-order valence-corrected chi connectivity index (χ3v) is 11.6. The molecule has 1 amide bonds. The van der Waals surface area contributed by atoms with Crippen LogP contribution < -0.4 is 5.32 Å². The van der Waals surface area contributed by atoms with Crippen LogP contribution in [0.2, 0.25) is 0 Å². The Morgan fingerprint density at radius 1 is 1.03 bits per heavy atom. The van der Waals surface area contributed by atoms with Crippen molar-refractivity contribution in [1.29, 1.82) is 0 Å². The lowest BCUT2D eigenvalue weighted by Gasteiger charge is -2.64. The zero-order valence-electron chi connectivity index (χ0n) is 24.1. The van der Waals surface area contributed by atoms with E-state index in [-0.39, 0.29) is 64.5 Å². The number of aliphatic hydroxyl groups is 2. The van der Waals surface area contributed by atoms with Gasteiger partial charge in [-0.05, 0) is 106 Å². The molecule has 0 aliphatic heterocycles. The van der Waals surface area contributed by atoms with Gasteiger partial charge in [0.1, 0.15) is 6.10 Å². The fourth-order valence-corrected chi connectivity index (χ4v) is 10.0. The van der Waals surface area contributed by atoms with Crippen molar-refractivity contribution in [3.05, 3.63) is 11.6 Å². The first-order valence-corrected chi connectivity index (χ1v) is 14.7. The predicted octanol–water partition coefficient (Wildman–Crippen LogP) is 4.87. The number of nitrogens with one attached hydrogen (secondary N) is 1. The lowest BCUT2D eigenvalue weighted by atomic mass is 9.41. The van der Waals surface area contributed by atoms with Crippen LogP contribution in [-0.4, -0.2) is 47.4 Å². The van der Waals surface area contributed by atoms with E-state index in [4.69, 9.17) is 4.74 Å². The summed E-state index contributed by atoms with van der Waals surface area (Å²) in [5, 5.41) is 25.4. The molecular weight excluding hydrogens is 466 g/mol. The molecule has 37 heavy (non-hydrogen) atoms. The van der Waals surface area contributed by atoms with Crippen molar-refractivity contribution >= 4 is 11.9 Å². The molecule has 4 aliphatic rings. The van der Waals surface area contributed by atoms with Crippen molar-refractivity contribution in [3.63, 3.8) is 0 Å². The minimum absolute atomic E-state index is 0.00633. The molecule has 0 aromatic rings. The Bertz CT molecular complexity index is 898. The average Bonchev–Trinajstić information content (AvgIpc) is 3.09. The predicted molar refractivity (Wildman–Crippen MR) is 144 cm³/mol. The normalized spacial score (nSPS) is 45.6. The number of hydrogen-bond donors (Lipinski definition) is 3. The second-order valence-corrected chi connectivity index (χ2v) is 13.7. The van der Waals surface area contributed by atoms with Crippen LogP contribution in [0.15, 0.2) is 11.6 Å². The fourth-order valence-electron chi connectivity index (χ4n) is 10.0. The quantitative estimate of drug-likeness (QED) is 0.345. The first-order chi connectivity index (χ1) is 17.3. The van der Waals surface area contributed by atoms with Gasteiger partial charge < -0.3 is 20.3 Å². The third-order valence-electron chi connectivity index (χ3n) is 11.6. The van der Waals surface area contributed by atoms with Gasteiger partial charge in [0.25, 0.3) is 0 Å². The molecule has 0 spiro atoms. The minimum atomic E-state index is -0.444. The van der Waals surface area contributed by atoms with Crippen molar-refractivity contribution in [2.45, 2.75) is 111 Å². The summed E-state index contributed by atoms with van der Waals surface area (Å²) in [6.45, 7) is 12.5. The van der Waals surface area contributed by atoms with Crippen LogP contribution in [0.4, 0.5) is 0 Å². The summed E-state index contributed by atoms with van der Waals surface area (Å²) in [6.07, 6.45) is 7.91. The highest BCUT2D eigenvalue weighted by atomic mass is 16.5. The third kappa shape index (κ3) is 4.90. The van der Waals surface area contributed by atoms with Crippen molar-refractivity contribution in [2.24, 2.45) is 52.3 Å². The first-order valence-electron chi connectivity index (χ1n) is 14.7. The molecule has 4 fully saturated rings. The number of aliphatic hydroxyl groups excluding tert-OH is 2. The molecule has 4 aliphatic carbocycles. The van der Waals surface area contributed by atoms with Crippen LogP contribution in [0.5, 0.6) is 0 Å². The van der Waals surface area contributed by atoms with E-state index in [1.165, 1.54) is 12.5 Å². The molecule has 0 aromatic carbocycles. The van der Waals surface area contributed by atoms with Crippen LogP contribution >= 0.6 is 0 Å². The molecule has 12 atom stereocenters. The molecule has 0 bridgehead atoms. The van der Waals surface area contributed by atoms with E-state index in [2.05, 4.69) is 46.0 Å². The topological polar surface area (TPSA) is 95.9 Å². The number of rotatable bonds is 6. The van der Waals surface area contributed by atoms with Crippen LogP contribution in [0.3, 0.4) is 0 Å². The molecule has 5 unspecified atom stereocenters. The highest BCUT2D eigenvalue weighted by molar-refractivity contribution is 5.79. The average molecular weight is 518 g/mol. The maximum atomic E-state index is 13.3.